The first-order valence-electron chi connectivity index (χ1n) is 6.34. The molecule has 0 aliphatic heterocycles. The highest BCUT2D eigenvalue weighted by Crippen LogP contribution is 2.34. The maximum absolute atomic E-state index is 6.20. The van der Waals surface area contributed by atoms with Crippen LogP contribution >= 0.6 is 0 Å². The summed E-state index contributed by atoms with van der Waals surface area (Å²) in [5, 5.41) is 0. The highest BCUT2D eigenvalue weighted by Gasteiger charge is 2.26. The highest BCUT2D eigenvalue weighted by molar-refractivity contribution is 6.70. The molecule has 0 spiro atoms. The van der Waals surface area contributed by atoms with Gasteiger partial charge >= 0.3 is 0 Å². The molecule has 0 heterocycles. The Hall–Kier alpha value is -0.503. The van der Waals surface area contributed by atoms with Crippen molar-refractivity contribution < 1.29 is 4.43 Å². The Morgan fingerprint density at radius 1 is 1.00 bits per heavy atom. The third-order valence-corrected chi connectivity index (χ3v) is 3.02. The molecule has 0 atom stereocenters. The lowest BCUT2D eigenvalue weighted by Crippen LogP contribution is -2.28. The second-order valence-corrected chi connectivity index (χ2v) is 12.2. The molecule has 0 aromatic rings. The molecule has 0 rings (SSSR count). The van der Waals surface area contributed by atoms with Gasteiger partial charge in [0.05, 0.1) is 0 Å². The second-order valence-electron chi connectivity index (χ2n) is 7.82. The van der Waals surface area contributed by atoms with Gasteiger partial charge in [-0.2, -0.15) is 0 Å². The minimum atomic E-state index is -1.59. The van der Waals surface area contributed by atoms with Gasteiger partial charge in [0, 0.05) is 0 Å². The molecule has 0 unspecified atom stereocenters. The van der Waals surface area contributed by atoms with E-state index in [9.17, 15) is 0 Å². The van der Waals surface area contributed by atoms with Crippen molar-refractivity contribution >= 4 is 8.32 Å². The predicted molar refractivity (Wildman–Crippen MR) is 80.6 cm³/mol. The topological polar surface area (TPSA) is 9.23 Å². The number of hydrogen-bond acceptors (Lipinski definition) is 1. The summed E-state index contributed by atoms with van der Waals surface area (Å²) in [4.78, 5) is 0. The predicted octanol–water partition coefficient (Wildman–Crippen LogP) is 5.37. The first-order chi connectivity index (χ1) is 7.22. The van der Waals surface area contributed by atoms with Gasteiger partial charge in [0.1, 0.15) is 5.76 Å². The minimum absolute atomic E-state index is 0.0523. The third-order valence-electron chi connectivity index (χ3n) is 2.18. The van der Waals surface area contributed by atoms with Gasteiger partial charge in [0.15, 0.2) is 0 Å². The second kappa shape index (κ2) is 5.01. The van der Waals surface area contributed by atoms with Crippen LogP contribution in [0.1, 0.15) is 41.5 Å². The molecular weight excluding hydrogens is 224 g/mol. The van der Waals surface area contributed by atoms with Crippen molar-refractivity contribution in [3.8, 4) is 0 Å². The Morgan fingerprint density at radius 2 is 1.41 bits per heavy atom. The van der Waals surface area contributed by atoms with Gasteiger partial charge in [-0.3, -0.25) is 0 Å². The molecule has 100 valence electrons. The lowest BCUT2D eigenvalue weighted by Gasteiger charge is -2.31. The van der Waals surface area contributed by atoms with Crippen LogP contribution in [0.5, 0.6) is 0 Å². The summed E-state index contributed by atoms with van der Waals surface area (Å²) in [6.45, 7) is 24.0. The summed E-state index contributed by atoms with van der Waals surface area (Å²) in [6.07, 6.45) is 2.21. The average Bonchev–Trinajstić information content (AvgIpc) is 1.94. The fraction of sp³-hybridized carbons (Fsp3) is 0.733. The van der Waals surface area contributed by atoms with Crippen molar-refractivity contribution in [1.82, 2.24) is 0 Å². The average molecular weight is 254 g/mol. The van der Waals surface area contributed by atoms with Crippen LogP contribution in [-0.2, 0) is 4.43 Å². The lowest BCUT2D eigenvalue weighted by molar-refractivity contribution is 0.374. The SMILES string of the molecule is C=C(C(=CC(C)(C)C)O[Si](C)(C)C)C(C)(C)C. The normalized spacial score (nSPS) is 14.8. The molecule has 0 aliphatic carbocycles. The smallest absolute Gasteiger partial charge is 0.242 e. The monoisotopic (exact) mass is 254 g/mol. The zero-order valence-corrected chi connectivity index (χ0v) is 14.2. The van der Waals surface area contributed by atoms with Gasteiger partial charge in [0.2, 0.25) is 8.32 Å². The Morgan fingerprint density at radius 3 is 1.65 bits per heavy atom. The molecule has 0 aromatic heterocycles. The maximum Gasteiger partial charge on any atom is 0.242 e. The van der Waals surface area contributed by atoms with Crippen LogP contribution in [0.3, 0.4) is 0 Å². The lowest BCUT2D eigenvalue weighted by atomic mass is 9.84. The molecule has 0 aliphatic rings. The first kappa shape index (κ1) is 16.5. The molecule has 0 radical (unpaired) electrons. The van der Waals surface area contributed by atoms with Crippen LogP contribution in [-0.4, -0.2) is 8.32 Å². The van der Waals surface area contributed by atoms with Crippen molar-refractivity contribution in [2.24, 2.45) is 10.8 Å². The van der Waals surface area contributed by atoms with E-state index in [0.29, 0.717) is 0 Å². The van der Waals surface area contributed by atoms with Gasteiger partial charge < -0.3 is 4.43 Å². The van der Waals surface area contributed by atoms with Crippen molar-refractivity contribution in [2.45, 2.75) is 61.2 Å². The minimum Gasteiger partial charge on any atom is -0.544 e. The molecule has 17 heavy (non-hydrogen) atoms. The number of allylic oxidation sites excluding steroid dienone is 2. The van der Waals surface area contributed by atoms with E-state index in [2.05, 4.69) is 73.8 Å². The highest BCUT2D eigenvalue weighted by atomic mass is 28.4. The van der Waals surface area contributed by atoms with E-state index in [4.69, 9.17) is 4.43 Å². The standard InChI is InChI=1S/C15H30OSi/c1-12(15(5,6)7)13(11-14(2,3)4)16-17(8,9)10/h11H,1H2,2-10H3. The van der Waals surface area contributed by atoms with Crippen LogP contribution in [0, 0.1) is 10.8 Å². The summed E-state index contributed by atoms with van der Waals surface area (Å²) < 4.78 is 6.20. The van der Waals surface area contributed by atoms with E-state index in [1.807, 2.05) is 0 Å². The molecular formula is C15H30OSi. The molecule has 0 saturated heterocycles. The maximum atomic E-state index is 6.20. The Labute approximate surface area is 109 Å². The van der Waals surface area contributed by atoms with Gasteiger partial charge in [-0.15, -0.1) is 0 Å². The third kappa shape index (κ3) is 7.43. The summed E-state index contributed by atoms with van der Waals surface area (Å²) in [5.74, 6) is 0.990. The quantitative estimate of drug-likeness (QED) is 0.374. The van der Waals surface area contributed by atoms with E-state index in [1.54, 1.807) is 0 Å². The van der Waals surface area contributed by atoms with Crippen molar-refractivity contribution in [3.05, 3.63) is 24.0 Å². The zero-order valence-electron chi connectivity index (χ0n) is 13.2. The molecule has 0 N–H and O–H groups in total. The van der Waals surface area contributed by atoms with Gasteiger partial charge in [-0.1, -0.05) is 48.1 Å². The Kier molecular flexibility index (Phi) is 4.86. The summed E-state index contributed by atoms with van der Waals surface area (Å²) in [7, 11) is -1.59. The first-order valence-corrected chi connectivity index (χ1v) is 9.75. The van der Waals surface area contributed by atoms with Crippen molar-refractivity contribution in [3.63, 3.8) is 0 Å². The van der Waals surface area contributed by atoms with Gasteiger partial charge in [0.25, 0.3) is 0 Å². The molecule has 0 saturated carbocycles. The van der Waals surface area contributed by atoms with Crippen LogP contribution in [0.25, 0.3) is 0 Å². The zero-order chi connectivity index (χ0) is 14.1. The Bertz CT molecular complexity index is 305. The van der Waals surface area contributed by atoms with E-state index in [0.717, 1.165) is 11.3 Å². The summed E-state index contributed by atoms with van der Waals surface area (Å²) in [5.41, 5.74) is 1.26. The molecule has 0 amide bonds. The molecule has 0 bridgehead atoms. The van der Waals surface area contributed by atoms with Crippen LogP contribution in [0.2, 0.25) is 19.6 Å². The summed E-state index contributed by atoms with van der Waals surface area (Å²) in [6, 6.07) is 0. The van der Waals surface area contributed by atoms with Gasteiger partial charge in [-0.25, -0.2) is 0 Å². The van der Waals surface area contributed by atoms with Crippen LogP contribution in [0.15, 0.2) is 24.0 Å². The van der Waals surface area contributed by atoms with Gasteiger partial charge in [-0.05, 0) is 42.1 Å². The fourth-order valence-electron chi connectivity index (χ4n) is 1.27. The van der Waals surface area contributed by atoms with Crippen LogP contribution < -0.4 is 0 Å². The number of hydrogen-bond donors (Lipinski definition) is 0. The molecule has 1 nitrogen and oxygen atoms in total. The molecule has 0 aromatic carbocycles. The van der Waals surface area contributed by atoms with E-state index < -0.39 is 8.32 Å². The van der Waals surface area contributed by atoms with E-state index in [-0.39, 0.29) is 10.8 Å². The number of rotatable bonds is 3. The summed E-state index contributed by atoms with van der Waals surface area (Å²) >= 11 is 0. The molecule has 2 heteroatoms. The largest absolute Gasteiger partial charge is 0.544 e. The van der Waals surface area contributed by atoms with Crippen molar-refractivity contribution in [2.75, 3.05) is 0 Å². The van der Waals surface area contributed by atoms with E-state index in [1.165, 1.54) is 0 Å². The van der Waals surface area contributed by atoms with Crippen molar-refractivity contribution in [1.29, 1.82) is 0 Å². The fourth-order valence-corrected chi connectivity index (χ4v) is 2.11. The molecule has 0 fully saturated rings. The van der Waals surface area contributed by atoms with E-state index >= 15 is 0 Å². The van der Waals surface area contributed by atoms with Crippen LogP contribution in [0.4, 0.5) is 0 Å². The Balaban J connectivity index is 5.29.